The van der Waals surface area contributed by atoms with Gasteiger partial charge < -0.3 is 15.2 Å². The van der Waals surface area contributed by atoms with Crippen LogP contribution in [0.5, 0.6) is 0 Å². The van der Waals surface area contributed by atoms with E-state index in [1.54, 1.807) is 0 Å². The van der Waals surface area contributed by atoms with Crippen molar-refractivity contribution in [3.8, 4) is 0 Å². The number of hydrogen-bond acceptors (Lipinski definition) is 3. The lowest BCUT2D eigenvalue weighted by molar-refractivity contribution is -0.124. The summed E-state index contributed by atoms with van der Waals surface area (Å²) in [5, 5.41) is 5.87. The molecule has 0 spiro atoms. The average molecular weight is 378 g/mol. The summed E-state index contributed by atoms with van der Waals surface area (Å²) in [5.74, 6) is 0.378. The maximum absolute atomic E-state index is 12.7. The number of carbonyl (C=O) groups is 2. The normalized spacial score (nSPS) is 11.0. The van der Waals surface area contributed by atoms with E-state index in [0.29, 0.717) is 5.82 Å². The summed E-state index contributed by atoms with van der Waals surface area (Å²) < 4.78 is 1.86. The fraction of sp³-hybridized carbons (Fsp3) is 0.318. The fourth-order valence-electron chi connectivity index (χ4n) is 3.01. The quantitative estimate of drug-likeness (QED) is 0.689. The van der Waals surface area contributed by atoms with Gasteiger partial charge in [-0.05, 0) is 43.2 Å². The number of imidazole rings is 1. The summed E-state index contributed by atoms with van der Waals surface area (Å²) in [6, 6.07) is 13.6. The van der Waals surface area contributed by atoms with E-state index in [1.165, 1.54) is 0 Å². The van der Waals surface area contributed by atoms with Crippen molar-refractivity contribution in [1.82, 2.24) is 14.9 Å². The van der Waals surface area contributed by atoms with E-state index in [9.17, 15) is 9.59 Å². The second kappa shape index (κ2) is 8.25. The molecular formula is C22H26N4O2. The molecule has 0 bridgehead atoms. The predicted molar refractivity (Wildman–Crippen MR) is 111 cm³/mol. The van der Waals surface area contributed by atoms with E-state index in [-0.39, 0.29) is 30.8 Å². The Bertz CT molecular complexity index is 1020. The summed E-state index contributed by atoms with van der Waals surface area (Å²) >= 11 is 0. The van der Waals surface area contributed by atoms with Gasteiger partial charge in [-0.15, -0.1) is 0 Å². The first-order valence-electron chi connectivity index (χ1n) is 9.44. The number of aryl methyl sites for hydroxylation is 2. The highest BCUT2D eigenvalue weighted by Gasteiger charge is 2.16. The van der Waals surface area contributed by atoms with Crippen molar-refractivity contribution in [2.75, 3.05) is 5.32 Å². The van der Waals surface area contributed by atoms with Gasteiger partial charge in [0.05, 0.1) is 17.6 Å². The van der Waals surface area contributed by atoms with Crippen LogP contribution < -0.4 is 10.6 Å². The molecule has 3 rings (SSSR count). The predicted octanol–water partition coefficient (Wildman–Crippen LogP) is 3.56. The third-order valence-electron chi connectivity index (χ3n) is 4.65. The number of aromatic nitrogens is 2. The SMILES string of the molecule is Cc1ccc(C)c(NC(=O)Cn2c(CNC(=O)C(C)C)nc3ccccc32)c1. The minimum Gasteiger partial charge on any atom is -0.349 e. The number of amides is 2. The minimum atomic E-state index is -0.131. The van der Waals surface area contributed by atoms with Gasteiger partial charge >= 0.3 is 0 Å². The first kappa shape index (κ1) is 19.6. The number of benzene rings is 2. The van der Waals surface area contributed by atoms with Crippen LogP contribution in [0.4, 0.5) is 5.69 Å². The number of rotatable bonds is 6. The second-order valence-electron chi connectivity index (χ2n) is 7.34. The Balaban J connectivity index is 1.84. The molecule has 0 fully saturated rings. The molecule has 3 aromatic rings. The zero-order valence-corrected chi connectivity index (χ0v) is 16.7. The van der Waals surface area contributed by atoms with E-state index in [1.807, 2.05) is 74.7 Å². The minimum absolute atomic E-state index is 0.0431. The Labute approximate surface area is 165 Å². The Morgan fingerprint density at radius 1 is 1.11 bits per heavy atom. The molecule has 146 valence electrons. The number of fused-ring (bicyclic) bond motifs is 1. The summed E-state index contributed by atoms with van der Waals surface area (Å²) in [4.78, 5) is 29.3. The van der Waals surface area contributed by atoms with Gasteiger partial charge in [0.15, 0.2) is 0 Å². The van der Waals surface area contributed by atoms with Crippen LogP contribution in [0.1, 0.15) is 30.8 Å². The highest BCUT2D eigenvalue weighted by molar-refractivity contribution is 5.92. The van der Waals surface area contributed by atoms with Crippen LogP contribution in [0.25, 0.3) is 11.0 Å². The molecule has 6 heteroatoms. The molecule has 0 saturated heterocycles. The Morgan fingerprint density at radius 3 is 2.61 bits per heavy atom. The van der Waals surface area contributed by atoms with Gasteiger partial charge in [-0.2, -0.15) is 0 Å². The molecule has 0 aliphatic heterocycles. The monoisotopic (exact) mass is 378 g/mol. The van der Waals surface area contributed by atoms with Gasteiger partial charge in [0.25, 0.3) is 0 Å². The number of hydrogen-bond donors (Lipinski definition) is 2. The average Bonchev–Trinajstić information content (AvgIpc) is 3.00. The molecule has 2 amide bonds. The molecule has 2 N–H and O–H groups in total. The van der Waals surface area contributed by atoms with Crippen LogP contribution in [0.3, 0.4) is 0 Å². The van der Waals surface area contributed by atoms with Gasteiger partial charge in [-0.25, -0.2) is 4.98 Å². The van der Waals surface area contributed by atoms with E-state index < -0.39 is 0 Å². The van der Waals surface area contributed by atoms with E-state index in [2.05, 4.69) is 15.6 Å². The van der Waals surface area contributed by atoms with Gasteiger partial charge in [0, 0.05) is 11.6 Å². The molecule has 0 atom stereocenters. The molecule has 0 aliphatic rings. The second-order valence-corrected chi connectivity index (χ2v) is 7.34. The molecule has 28 heavy (non-hydrogen) atoms. The number of anilines is 1. The smallest absolute Gasteiger partial charge is 0.244 e. The molecule has 1 heterocycles. The van der Waals surface area contributed by atoms with Gasteiger partial charge in [-0.3, -0.25) is 9.59 Å². The third kappa shape index (κ3) is 4.39. The number of nitrogens with zero attached hydrogens (tertiary/aromatic N) is 2. The first-order valence-corrected chi connectivity index (χ1v) is 9.44. The van der Waals surface area contributed by atoms with Gasteiger partial charge in [0.1, 0.15) is 12.4 Å². The van der Waals surface area contributed by atoms with E-state index >= 15 is 0 Å². The molecule has 0 aliphatic carbocycles. The van der Waals surface area contributed by atoms with Crippen molar-refractivity contribution in [2.45, 2.75) is 40.8 Å². The third-order valence-corrected chi connectivity index (χ3v) is 4.65. The van der Waals surface area contributed by atoms with Crippen molar-refractivity contribution >= 4 is 28.5 Å². The summed E-state index contributed by atoms with van der Waals surface area (Å²) in [7, 11) is 0. The van der Waals surface area contributed by atoms with Gasteiger partial charge in [-0.1, -0.05) is 38.1 Å². The van der Waals surface area contributed by atoms with Crippen LogP contribution in [0.2, 0.25) is 0 Å². The lowest BCUT2D eigenvalue weighted by Crippen LogP contribution is -2.29. The fourth-order valence-corrected chi connectivity index (χ4v) is 3.01. The Kier molecular flexibility index (Phi) is 5.78. The molecule has 0 radical (unpaired) electrons. The maximum atomic E-state index is 12.7. The highest BCUT2D eigenvalue weighted by Crippen LogP contribution is 2.19. The molecule has 0 saturated carbocycles. The van der Waals surface area contributed by atoms with Crippen molar-refractivity contribution in [2.24, 2.45) is 5.92 Å². The van der Waals surface area contributed by atoms with Gasteiger partial charge in [0.2, 0.25) is 11.8 Å². The lowest BCUT2D eigenvalue weighted by atomic mass is 10.1. The number of carbonyl (C=O) groups excluding carboxylic acids is 2. The van der Waals surface area contributed by atoms with E-state index in [4.69, 9.17) is 0 Å². The van der Waals surface area contributed by atoms with Crippen molar-refractivity contribution < 1.29 is 9.59 Å². The number of para-hydroxylation sites is 2. The lowest BCUT2D eigenvalue weighted by Gasteiger charge is -2.13. The molecule has 1 aromatic heterocycles. The van der Waals surface area contributed by atoms with Crippen molar-refractivity contribution in [1.29, 1.82) is 0 Å². The number of nitrogens with one attached hydrogen (secondary N) is 2. The van der Waals surface area contributed by atoms with Crippen LogP contribution >= 0.6 is 0 Å². The standard InChI is InChI=1S/C22H26N4O2/c1-14(2)22(28)23-12-20-24-17-7-5-6-8-19(17)26(20)13-21(27)25-18-11-15(3)9-10-16(18)4/h5-11,14H,12-13H2,1-4H3,(H,23,28)(H,25,27). The molecular weight excluding hydrogens is 352 g/mol. The van der Waals surface area contributed by atoms with Crippen LogP contribution in [-0.2, 0) is 22.7 Å². The first-order chi connectivity index (χ1) is 13.3. The molecule has 0 unspecified atom stereocenters. The van der Waals surface area contributed by atoms with Crippen LogP contribution in [-0.4, -0.2) is 21.4 Å². The Morgan fingerprint density at radius 2 is 1.86 bits per heavy atom. The van der Waals surface area contributed by atoms with Crippen LogP contribution in [0.15, 0.2) is 42.5 Å². The zero-order valence-electron chi connectivity index (χ0n) is 16.7. The van der Waals surface area contributed by atoms with Crippen molar-refractivity contribution in [3.05, 3.63) is 59.4 Å². The topological polar surface area (TPSA) is 76.0 Å². The highest BCUT2D eigenvalue weighted by atomic mass is 16.2. The zero-order chi connectivity index (χ0) is 20.3. The molecule has 2 aromatic carbocycles. The summed E-state index contributed by atoms with van der Waals surface area (Å²) in [5.41, 5.74) is 4.58. The largest absolute Gasteiger partial charge is 0.349 e. The summed E-state index contributed by atoms with van der Waals surface area (Å²) in [6.45, 7) is 8.05. The molecule has 6 nitrogen and oxygen atoms in total. The van der Waals surface area contributed by atoms with Crippen molar-refractivity contribution in [3.63, 3.8) is 0 Å². The van der Waals surface area contributed by atoms with Crippen LogP contribution in [0, 0.1) is 19.8 Å². The summed E-state index contributed by atoms with van der Waals surface area (Å²) in [6.07, 6.45) is 0. The Hall–Kier alpha value is -3.15. The maximum Gasteiger partial charge on any atom is 0.244 e. The van der Waals surface area contributed by atoms with E-state index in [0.717, 1.165) is 27.8 Å².